The van der Waals surface area contributed by atoms with Crippen LogP contribution in [0.15, 0.2) is 24.4 Å². The number of aromatic nitrogens is 1. The zero-order valence-corrected chi connectivity index (χ0v) is 10.9. The second kappa shape index (κ2) is 5.67. The van der Waals surface area contributed by atoms with E-state index in [1.54, 1.807) is 18.3 Å². The summed E-state index contributed by atoms with van der Waals surface area (Å²) in [5, 5.41) is 2.90. The van der Waals surface area contributed by atoms with E-state index in [4.69, 9.17) is 4.74 Å². The van der Waals surface area contributed by atoms with Gasteiger partial charge >= 0.3 is 0 Å². The summed E-state index contributed by atoms with van der Waals surface area (Å²) in [6.45, 7) is 3.44. The van der Waals surface area contributed by atoms with Crippen molar-refractivity contribution in [1.29, 1.82) is 0 Å². The van der Waals surface area contributed by atoms with Crippen molar-refractivity contribution in [2.45, 2.75) is 25.0 Å². The van der Waals surface area contributed by atoms with Crippen molar-refractivity contribution < 1.29 is 9.53 Å². The van der Waals surface area contributed by atoms with Gasteiger partial charge in [-0.1, -0.05) is 6.07 Å². The van der Waals surface area contributed by atoms with Crippen LogP contribution in [0.4, 0.5) is 0 Å². The quantitative estimate of drug-likeness (QED) is 0.869. The summed E-state index contributed by atoms with van der Waals surface area (Å²) in [4.78, 5) is 18.4. The van der Waals surface area contributed by atoms with Crippen molar-refractivity contribution in [3.63, 3.8) is 0 Å². The van der Waals surface area contributed by atoms with E-state index in [2.05, 4.69) is 15.2 Å². The molecule has 0 aliphatic carbocycles. The van der Waals surface area contributed by atoms with Crippen LogP contribution < -0.4 is 5.32 Å². The van der Waals surface area contributed by atoms with Gasteiger partial charge in [-0.2, -0.15) is 0 Å². The summed E-state index contributed by atoms with van der Waals surface area (Å²) in [6, 6.07) is 5.93. The fourth-order valence-corrected chi connectivity index (χ4v) is 2.80. The predicted octanol–water partition coefficient (Wildman–Crippen LogP) is 0.675. The van der Waals surface area contributed by atoms with E-state index in [1.807, 2.05) is 6.07 Å². The second-order valence-corrected chi connectivity index (χ2v) is 5.17. The molecule has 2 aliphatic heterocycles. The highest BCUT2D eigenvalue weighted by molar-refractivity contribution is 5.92. The highest BCUT2D eigenvalue weighted by Gasteiger charge is 2.32. The number of nitrogens with one attached hydrogen (secondary N) is 1. The minimum Gasteiger partial charge on any atom is -0.373 e. The first-order valence-electron chi connectivity index (χ1n) is 6.88. The lowest BCUT2D eigenvalue weighted by atomic mass is 10.2. The van der Waals surface area contributed by atoms with E-state index in [1.165, 1.54) is 19.4 Å². The molecule has 3 heterocycles. The molecule has 19 heavy (non-hydrogen) atoms. The largest absolute Gasteiger partial charge is 0.373 e. The molecule has 2 aliphatic rings. The van der Waals surface area contributed by atoms with Crippen molar-refractivity contribution in [2.24, 2.45) is 0 Å². The average molecular weight is 261 g/mol. The lowest BCUT2D eigenvalue weighted by Crippen LogP contribution is -2.50. The molecule has 0 aromatic carbocycles. The molecule has 5 nitrogen and oxygen atoms in total. The minimum atomic E-state index is -0.132. The summed E-state index contributed by atoms with van der Waals surface area (Å²) >= 11 is 0. The zero-order chi connectivity index (χ0) is 13.1. The number of rotatable bonds is 3. The first-order valence-corrected chi connectivity index (χ1v) is 6.88. The Bertz CT molecular complexity index is 438. The Labute approximate surface area is 113 Å². The second-order valence-electron chi connectivity index (χ2n) is 5.17. The number of nitrogens with zero attached hydrogens (tertiary/aromatic N) is 2. The number of carbonyl (C=O) groups is 1. The van der Waals surface area contributed by atoms with Crippen LogP contribution in [0.5, 0.6) is 0 Å². The molecule has 102 valence electrons. The monoisotopic (exact) mass is 261 g/mol. The van der Waals surface area contributed by atoms with Gasteiger partial charge in [-0.05, 0) is 31.5 Å². The number of ether oxygens (including phenoxy) is 1. The molecule has 0 bridgehead atoms. The van der Waals surface area contributed by atoms with Gasteiger partial charge in [0, 0.05) is 25.3 Å². The van der Waals surface area contributed by atoms with E-state index in [0.717, 1.165) is 13.2 Å². The molecule has 0 spiro atoms. The maximum atomic E-state index is 11.9. The van der Waals surface area contributed by atoms with E-state index >= 15 is 0 Å². The van der Waals surface area contributed by atoms with Crippen LogP contribution in [-0.2, 0) is 4.74 Å². The number of amides is 1. The molecular weight excluding hydrogens is 242 g/mol. The first-order chi connectivity index (χ1) is 9.33. The third kappa shape index (κ3) is 2.93. The highest BCUT2D eigenvalue weighted by Crippen LogP contribution is 2.22. The summed E-state index contributed by atoms with van der Waals surface area (Å²) in [7, 11) is 0. The van der Waals surface area contributed by atoms with Gasteiger partial charge in [0.1, 0.15) is 5.69 Å². The SMILES string of the molecule is O=C(NC[C@@H]1CN2CCC[C@@H]2CO1)c1ccccn1. The van der Waals surface area contributed by atoms with Crippen LogP contribution in [0, 0.1) is 0 Å². The normalized spacial score (nSPS) is 26.9. The summed E-state index contributed by atoms with van der Waals surface area (Å²) in [6.07, 6.45) is 4.23. The van der Waals surface area contributed by atoms with Crippen molar-refractivity contribution >= 4 is 5.91 Å². The van der Waals surface area contributed by atoms with Gasteiger partial charge in [0.05, 0.1) is 12.7 Å². The number of carbonyl (C=O) groups excluding carboxylic acids is 1. The Morgan fingerprint density at radius 1 is 1.53 bits per heavy atom. The maximum absolute atomic E-state index is 11.9. The third-order valence-electron chi connectivity index (χ3n) is 3.85. The lowest BCUT2D eigenvalue weighted by molar-refractivity contribution is -0.0462. The Morgan fingerprint density at radius 3 is 3.32 bits per heavy atom. The topological polar surface area (TPSA) is 54.5 Å². The summed E-state index contributed by atoms with van der Waals surface area (Å²) in [5.74, 6) is -0.132. The van der Waals surface area contributed by atoms with Crippen LogP contribution in [0.2, 0.25) is 0 Å². The van der Waals surface area contributed by atoms with E-state index in [9.17, 15) is 4.79 Å². The van der Waals surface area contributed by atoms with Crippen molar-refractivity contribution in [3.8, 4) is 0 Å². The van der Waals surface area contributed by atoms with Crippen LogP contribution in [0.1, 0.15) is 23.3 Å². The van der Waals surface area contributed by atoms with E-state index in [-0.39, 0.29) is 12.0 Å². The van der Waals surface area contributed by atoms with Crippen molar-refractivity contribution in [1.82, 2.24) is 15.2 Å². The zero-order valence-electron chi connectivity index (χ0n) is 10.9. The van der Waals surface area contributed by atoms with E-state index < -0.39 is 0 Å². The molecule has 2 fully saturated rings. The van der Waals surface area contributed by atoms with E-state index in [0.29, 0.717) is 18.3 Å². The van der Waals surface area contributed by atoms with Crippen LogP contribution in [0.25, 0.3) is 0 Å². The van der Waals surface area contributed by atoms with Crippen LogP contribution >= 0.6 is 0 Å². The first kappa shape index (κ1) is 12.6. The molecule has 0 saturated carbocycles. The molecule has 2 atom stereocenters. The Hall–Kier alpha value is -1.46. The van der Waals surface area contributed by atoms with Gasteiger partial charge in [0.2, 0.25) is 0 Å². The Kier molecular flexibility index (Phi) is 3.75. The van der Waals surface area contributed by atoms with Crippen LogP contribution in [-0.4, -0.2) is 54.2 Å². The Balaban J connectivity index is 1.49. The molecule has 2 saturated heterocycles. The van der Waals surface area contributed by atoms with Gasteiger partial charge in [0.15, 0.2) is 0 Å². The number of fused-ring (bicyclic) bond motifs is 1. The smallest absolute Gasteiger partial charge is 0.269 e. The van der Waals surface area contributed by atoms with Gasteiger partial charge in [0.25, 0.3) is 5.91 Å². The molecule has 1 amide bonds. The van der Waals surface area contributed by atoms with Crippen LogP contribution in [0.3, 0.4) is 0 Å². The molecular formula is C14H19N3O2. The standard InChI is InChI=1S/C14H19N3O2/c18-14(13-5-1-2-6-15-13)16-8-12-9-17-7-3-4-11(17)10-19-12/h1-2,5-6,11-12H,3-4,7-10H2,(H,16,18)/t11-,12-/m1/s1. The predicted molar refractivity (Wildman–Crippen MR) is 70.9 cm³/mol. The molecule has 1 N–H and O–H groups in total. The number of hydrogen-bond donors (Lipinski definition) is 1. The van der Waals surface area contributed by atoms with Crippen molar-refractivity contribution in [3.05, 3.63) is 30.1 Å². The average Bonchev–Trinajstić information content (AvgIpc) is 2.93. The molecule has 0 unspecified atom stereocenters. The fourth-order valence-electron chi connectivity index (χ4n) is 2.80. The number of hydrogen-bond acceptors (Lipinski definition) is 4. The van der Waals surface area contributed by atoms with Crippen molar-refractivity contribution in [2.75, 3.05) is 26.2 Å². The highest BCUT2D eigenvalue weighted by atomic mass is 16.5. The number of pyridine rings is 1. The molecule has 5 heteroatoms. The fraction of sp³-hybridized carbons (Fsp3) is 0.571. The van der Waals surface area contributed by atoms with Gasteiger partial charge in [-0.15, -0.1) is 0 Å². The summed E-state index contributed by atoms with van der Waals surface area (Å²) < 4.78 is 5.80. The Morgan fingerprint density at radius 2 is 2.47 bits per heavy atom. The van der Waals surface area contributed by atoms with Gasteiger partial charge in [-0.25, -0.2) is 0 Å². The molecule has 0 radical (unpaired) electrons. The van der Waals surface area contributed by atoms with Gasteiger partial charge in [-0.3, -0.25) is 14.7 Å². The maximum Gasteiger partial charge on any atom is 0.269 e. The third-order valence-corrected chi connectivity index (χ3v) is 3.85. The van der Waals surface area contributed by atoms with Gasteiger partial charge < -0.3 is 10.1 Å². The molecule has 3 rings (SSSR count). The molecule has 1 aromatic rings. The minimum absolute atomic E-state index is 0.0991. The molecule has 1 aromatic heterocycles. The summed E-state index contributed by atoms with van der Waals surface area (Å²) in [5.41, 5.74) is 0.456. The number of morpholine rings is 1. The lowest BCUT2D eigenvalue weighted by Gasteiger charge is -2.35.